The van der Waals surface area contributed by atoms with E-state index < -0.39 is 0 Å². The van der Waals surface area contributed by atoms with Gasteiger partial charge < -0.3 is 14.9 Å². The van der Waals surface area contributed by atoms with E-state index in [0.717, 1.165) is 35.6 Å². The van der Waals surface area contributed by atoms with Gasteiger partial charge in [0.1, 0.15) is 11.6 Å². The maximum Gasteiger partial charge on any atom is 0.226 e. The molecule has 1 saturated heterocycles. The molecule has 0 saturated carbocycles. The minimum absolute atomic E-state index is 0.137. The quantitative estimate of drug-likeness (QED) is 0.706. The Bertz CT molecular complexity index is 952. The highest BCUT2D eigenvalue weighted by atomic mass is 16.3. The minimum Gasteiger partial charge on any atom is -0.506 e. The number of aromatic hydroxyl groups is 1. The van der Waals surface area contributed by atoms with E-state index >= 15 is 0 Å². The van der Waals surface area contributed by atoms with Crippen LogP contribution in [0.25, 0.3) is 5.57 Å². The van der Waals surface area contributed by atoms with Crippen LogP contribution in [0.3, 0.4) is 0 Å². The lowest BCUT2D eigenvalue weighted by Crippen LogP contribution is -2.48. The Hall–Kier alpha value is -3.60. The van der Waals surface area contributed by atoms with Crippen LogP contribution < -0.4 is 4.90 Å². The van der Waals surface area contributed by atoms with Crippen molar-refractivity contribution in [3.63, 3.8) is 0 Å². The van der Waals surface area contributed by atoms with Gasteiger partial charge in [0.05, 0.1) is 6.20 Å². The SMILES string of the molecule is O=C(CC=C(c1ccccc1)c1ccccc1)N1CCN(c2ccc(O)cn2)CC1. The molecule has 0 spiro atoms. The van der Waals surface area contributed by atoms with Crippen molar-refractivity contribution in [3.8, 4) is 5.75 Å². The molecule has 5 nitrogen and oxygen atoms in total. The highest BCUT2D eigenvalue weighted by Gasteiger charge is 2.21. The van der Waals surface area contributed by atoms with Crippen LogP contribution in [0.2, 0.25) is 0 Å². The summed E-state index contributed by atoms with van der Waals surface area (Å²) in [6, 6.07) is 23.8. The number of aromatic nitrogens is 1. The summed E-state index contributed by atoms with van der Waals surface area (Å²) < 4.78 is 0. The van der Waals surface area contributed by atoms with Crippen molar-refractivity contribution in [2.24, 2.45) is 0 Å². The number of hydrogen-bond acceptors (Lipinski definition) is 4. The lowest BCUT2D eigenvalue weighted by Gasteiger charge is -2.35. The Morgan fingerprint density at radius 3 is 2.00 bits per heavy atom. The molecule has 0 aliphatic carbocycles. The first-order valence-electron chi connectivity index (χ1n) is 10.2. The van der Waals surface area contributed by atoms with E-state index in [1.807, 2.05) is 53.4 Å². The molecule has 1 amide bonds. The molecule has 1 aromatic heterocycles. The van der Waals surface area contributed by atoms with Crippen LogP contribution >= 0.6 is 0 Å². The predicted molar refractivity (Wildman–Crippen MR) is 119 cm³/mol. The molecule has 3 aromatic rings. The average molecular weight is 399 g/mol. The molecule has 1 N–H and O–H groups in total. The van der Waals surface area contributed by atoms with Gasteiger partial charge in [0.25, 0.3) is 0 Å². The number of anilines is 1. The van der Waals surface area contributed by atoms with E-state index in [1.165, 1.54) is 6.20 Å². The van der Waals surface area contributed by atoms with Crippen LogP contribution in [0, 0.1) is 0 Å². The fraction of sp³-hybridized carbons (Fsp3) is 0.200. The van der Waals surface area contributed by atoms with Gasteiger partial charge in [0.2, 0.25) is 5.91 Å². The first-order valence-corrected chi connectivity index (χ1v) is 10.2. The van der Waals surface area contributed by atoms with E-state index in [-0.39, 0.29) is 11.7 Å². The Kier molecular flexibility index (Phi) is 6.09. The second-order valence-corrected chi connectivity index (χ2v) is 7.30. The van der Waals surface area contributed by atoms with Gasteiger partial charge >= 0.3 is 0 Å². The molecule has 0 radical (unpaired) electrons. The fourth-order valence-electron chi connectivity index (χ4n) is 3.71. The Labute approximate surface area is 176 Å². The zero-order valence-electron chi connectivity index (χ0n) is 16.8. The summed E-state index contributed by atoms with van der Waals surface area (Å²) in [5.41, 5.74) is 3.30. The summed E-state index contributed by atoms with van der Waals surface area (Å²) in [5.74, 6) is 1.12. The van der Waals surface area contributed by atoms with Gasteiger partial charge in [-0.2, -0.15) is 0 Å². The van der Waals surface area contributed by atoms with Gasteiger partial charge in [-0.3, -0.25) is 4.79 Å². The molecular formula is C25H25N3O2. The topological polar surface area (TPSA) is 56.7 Å². The second-order valence-electron chi connectivity index (χ2n) is 7.30. The van der Waals surface area contributed by atoms with Crippen molar-refractivity contribution in [2.45, 2.75) is 6.42 Å². The van der Waals surface area contributed by atoms with Gasteiger partial charge in [-0.15, -0.1) is 0 Å². The second kappa shape index (κ2) is 9.27. The van der Waals surface area contributed by atoms with Crippen molar-refractivity contribution in [2.75, 3.05) is 31.1 Å². The van der Waals surface area contributed by atoms with Crippen molar-refractivity contribution < 1.29 is 9.90 Å². The van der Waals surface area contributed by atoms with Gasteiger partial charge in [0, 0.05) is 32.6 Å². The Morgan fingerprint density at radius 2 is 1.47 bits per heavy atom. The largest absolute Gasteiger partial charge is 0.506 e. The average Bonchev–Trinajstić information content (AvgIpc) is 2.81. The summed E-state index contributed by atoms with van der Waals surface area (Å²) in [4.78, 5) is 21.2. The highest BCUT2D eigenvalue weighted by Crippen LogP contribution is 2.24. The first-order chi connectivity index (χ1) is 14.7. The molecule has 0 atom stereocenters. The van der Waals surface area contributed by atoms with Gasteiger partial charge in [-0.25, -0.2) is 4.98 Å². The lowest BCUT2D eigenvalue weighted by atomic mass is 9.97. The van der Waals surface area contributed by atoms with E-state index in [1.54, 1.807) is 6.07 Å². The number of amides is 1. The van der Waals surface area contributed by atoms with Crippen molar-refractivity contribution in [1.82, 2.24) is 9.88 Å². The monoisotopic (exact) mass is 399 g/mol. The molecule has 0 bridgehead atoms. The lowest BCUT2D eigenvalue weighted by molar-refractivity contribution is -0.130. The molecule has 1 fully saturated rings. The molecule has 152 valence electrons. The summed E-state index contributed by atoms with van der Waals surface area (Å²) in [7, 11) is 0. The third-order valence-electron chi connectivity index (χ3n) is 5.34. The fourth-order valence-corrected chi connectivity index (χ4v) is 3.71. The summed E-state index contributed by atoms with van der Waals surface area (Å²) in [5, 5.41) is 9.40. The number of benzene rings is 2. The molecule has 1 aliphatic heterocycles. The zero-order chi connectivity index (χ0) is 20.8. The number of pyridine rings is 1. The van der Waals surface area contributed by atoms with Crippen LogP contribution in [0.1, 0.15) is 17.5 Å². The smallest absolute Gasteiger partial charge is 0.226 e. The molecule has 1 aliphatic rings. The molecule has 5 heteroatoms. The van der Waals surface area contributed by atoms with E-state index in [9.17, 15) is 9.90 Å². The Morgan fingerprint density at radius 1 is 0.867 bits per heavy atom. The molecular weight excluding hydrogens is 374 g/mol. The number of rotatable bonds is 5. The van der Waals surface area contributed by atoms with Gasteiger partial charge in [-0.1, -0.05) is 66.7 Å². The maximum absolute atomic E-state index is 12.9. The van der Waals surface area contributed by atoms with Crippen LogP contribution in [-0.4, -0.2) is 47.1 Å². The molecule has 30 heavy (non-hydrogen) atoms. The highest BCUT2D eigenvalue weighted by molar-refractivity contribution is 5.85. The normalized spacial score (nSPS) is 13.7. The Balaban J connectivity index is 1.42. The van der Waals surface area contributed by atoms with Gasteiger partial charge in [-0.05, 0) is 28.8 Å². The number of hydrogen-bond donors (Lipinski definition) is 1. The van der Waals surface area contributed by atoms with E-state index in [2.05, 4.69) is 34.1 Å². The van der Waals surface area contributed by atoms with Gasteiger partial charge in [0.15, 0.2) is 0 Å². The third kappa shape index (κ3) is 4.69. The third-order valence-corrected chi connectivity index (χ3v) is 5.34. The van der Waals surface area contributed by atoms with E-state index in [4.69, 9.17) is 0 Å². The molecule has 2 heterocycles. The minimum atomic E-state index is 0.137. The van der Waals surface area contributed by atoms with E-state index in [0.29, 0.717) is 19.5 Å². The molecule has 4 rings (SSSR count). The first kappa shape index (κ1) is 19.7. The summed E-state index contributed by atoms with van der Waals surface area (Å²) in [6.45, 7) is 2.80. The summed E-state index contributed by atoms with van der Waals surface area (Å²) in [6.07, 6.45) is 3.86. The van der Waals surface area contributed by atoms with Crippen molar-refractivity contribution >= 4 is 17.3 Å². The van der Waals surface area contributed by atoms with Crippen molar-refractivity contribution in [1.29, 1.82) is 0 Å². The predicted octanol–water partition coefficient (Wildman–Crippen LogP) is 3.96. The molecule has 0 unspecified atom stereocenters. The number of carbonyl (C=O) groups excluding carboxylic acids is 1. The number of nitrogens with zero attached hydrogens (tertiary/aromatic N) is 3. The standard InChI is InChI=1S/C25H25N3O2/c29-22-11-13-24(26-19-22)27-15-17-28(18-16-27)25(30)14-12-23(20-7-3-1-4-8-20)21-9-5-2-6-10-21/h1-13,19,29H,14-18H2. The summed E-state index contributed by atoms with van der Waals surface area (Å²) >= 11 is 0. The number of carbonyl (C=O) groups is 1. The van der Waals surface area contributed by atoms with Crippen LogP contribution in [0.5, 0.6) is 5.75 Å². The zero-order valence-corrected chi connectivity index (χ0v) is 16.8. The van der Waals surface area contributed by atoms with Crippen LogP contribution in [0.4, 0.5) is 5.82 Å². The van der Waals surface area contributed by atoms with Crippen LogP contribution in [-0.2, 0) is 4.79 Å². The van der Waals surface area contributed by atoms with Crippen molar-refractivity contribution in [3.05, 3.63) is 96.2 Å². The number of piperazine rings is 1. The van der Waals surface area contributed by atoms with Crippen LogP contribution in [0.15, 0.2) is 85.1 Å². The maximum atomic E-state index is 12.9. The molecule has 2 aromatic carbocycles.